The van der Waals surface area contributed by atoms with E-state index in [1.54, 1.807) is 0 Å². The van der Waals surface area contributed by atoms with Crippen molar-refractivity contribution in [2.75, 3.05) is 13.2 Å². The lowest BCUT2D eigenvalue weighted by molar-refractivity contribution is 0.179. The van der Waals surface area contributed by atoms with Gasteiger partial charge in [0.1, 0.15) is 0 Å². The summed E-state index contributed by atoms with van der Waals surface area (Å²) < 4.78 is 5.20. The van der Waals surface area contributed by atoms with E-state index in [0.717, 1.165) is 12.8 Å². The summed E-state index contributed by atoms with van der Waals surface area (Å²) in [7, 11) is 0. The van der Waals surface area contributed by atoms with Crippen molar-refractivity contribution in [3.8, 4) is 6.07 Å². The molecule has 0 unspecified atom stereocenters. The lowest BCUT2D eigenvalue weighted by Gasteiger charge is -2.36. The van der Waals surface area contributed by atoms with E-state index in [4.69, 9.17) is 10.00 Å². The topological polar surface area (TPSA) is 33.0 Å². The van der Waals surface area contributed by atoms with E-state index in [1.807, 2.05) is 0 Å². The van der Waals surface area contributed by atoms with Crippen LogP contribution >= 0.6 is 0 Å². The van der Waals surface area contributed by atoms with E-state index in [2.05, 4.69) is 12.1 Å². The molecule has 0 amide bonds. The van der Waals surface area contributed by atoms with Crippen LogP contribution in [0.1, 0.15) is 19.3 Å². The van der Waals surface area contributed by atoms with Gasteiger partial charge in [-0.25, -0.2) is 0 Å². The van der Waals surface area contributed by atoms with Gasteiger partial charge in [0.25, 0.3) is 0 Å². The Bertz CT molecular complexity index is 232. The van der Waals surface area contributed by atoms with Crippen molar-refractivity contribution in [1.29, 1.82) is 5.26 Å². The molecule has 2 rings (SSSR count). The van der Waals surface area contributed by atoms with Gasteiger partial charge in [-0.2, -0.15) is 5.26 Å². The fourth-order valence-corrected chi connectivity index (χ4v) is 1.76. The molecule has 0 spiro atoms. The van der Waals surface area contributed by atoms with E-state index in [0.29, 0.717) is 13.2 Å². The van der Waals surface area contributed by atoms with Gasteiger partial charge >= 0.3 is 0 Å². The third kappa shape index (κ3) is 0.883. The average Bonchev–Trinajstić information content (AvgIpc) is 2.39. The summed E-state index contributed by atoms with van der Waals surface area (Å²) in [6.45, 7) is 1.40. The first-order valence-corrected chi connectivity index (χ1v) is 4.06. The van der Waals surface area contributed by atoms with Crippen LogP contribution in [-0.4, -0.2) is 13.2 Å². The summed E-state index contributed by atoms with van der Waals surface area (Å²) in [5.41, 5.74) is 1.11. The molecule has 0 aromatic carbocycles. The second-order valence-corrected chi connectivity index (χ2v) is 3.29. The summed E-state index contributed by atoms with van der Waals surface area (Å²) in [6.07, 6.45) is 5.35. The Morgan fingerprint density at radius 2 is 2.36 bits per heavy atom. The molecule has 58 valence electrons. The fraction of sp³-hybridized carbons (Fsp3) is 0.667. The van der Waals surface area contributed by atoms with Crippen LogP contribution in [-0.2, 0) is 4.74 Å². The van der Waals surface area contributed by atoms with Gasteiger partial charge < -0.3 is 4.74 Å². The second-order valence-electron chi connectivity index (χ2n) is 3.29. The standard InChI is InChI=1S/C9H11NO/c10-7-9(3-1-4-9)8-2-5-11-6-8/h2H,1,3-6H2. The maximum absolute atomic E-state index is 8.95. The minimum Gasteiger partial charge on any atom is -0.373 e. The van der Waals surface area contributed by atoms with Crippen LogP contribution in [0.25, 0.3) is 0 Å². The largest absolute Gasteiger partial charge is 0.373 e. The molecular weight excluding hydrogens is 138 g/mol. The second kappa shape index (κ2) is 2.35. The van der Waals surface area contributed by atoms with Crippen LogP contribution in [0.2, 0.25) is 0 Å². The van der Waals surface area contributed by atoms with Gasteiger partial charge in [-0.15, -0.1) is 0 Å². The molecule has 2 heteroatoms. The van der Waals surface area contributed by atoms with Gasteiger partial charge in [0.15, 0.2) is 0 Å². The molecule has 1 aliphatic carbocycles. The van der Waals surface area contributed by atoms with Crippen LogP contribution in [0.4, 0.5) is 0 Å². The predicted octanol–water partition coefficient (Wildman–Crippen LogP) is 1.64. The number of hydrogen-bond acceptors (Lipinski definition) is 2. The first-order chi connectivity index (χ1) is 5.37. The third-order valence-electron chi connectivity index (χ3n) is 2.74. The smallest absolute Gasteiger partial charge is 0.0805 e. The Labute approximate surface area is 66.5 Å². The summed E-state index contributed by atoms with van der Waals surface area (Å²) in [4.78, 5) is 0. The Kier molecular flexibility index (Phi) is 1.47. The van der Waals surface area contributed by atoms with Gasteiger partial charge in [-0.3, -0.25) is 0 Å². The number of nitrogens with zero attached hydrogens (tertiary/aromatic N) is 1. The van der Waals surface area contributed by atoms with Gasteiger partial charge in [0, 0.05) is 0 Å². The van der Waals surface area contributed by atoms with Crippen molar-refractivity contribution in [3.05, 3.63) is 11.6 Å². The van der Waals surface area contributed by atoms with Gasteiger partial charge in [-0.05, 0) is 24.8 Å². The molecule has 1 fully saturated rings. The Morgan fingerprint density at radius 3 is 2.73 bits per heavy atom. The highest BCUT2D eigenvalue weighted by atomic mass is 16.5. The summed E-state index contributed by atoms with van der Waals surface area (Å²) in [5.74, 6) is 0. The Hall–Kier alpha value is -0.810. The van der Waals surface area contributed by atoms with Crippen LogP contribution in [0.3, 0.4) is 0 Å². The van der Waals surface area contributed by atoms with Crippen molar-refractivity contribution in [1.82, 2.24) is 0 Å². The van der Waals surface area contributed by atoms with Crippen LogP contribution in [0.5, 0.6) is 0 Å². The minimum atomic E-state index is -0.115. The molecular formula is C9H11NO. The number of hydrogen-bond donors (Lipinski definition) is 0. The fourth-order valence-electron chi connectivity index (χ4n) is 1.76. The maximum Gasteiger partial charge on any atom is 0.0805 e. The first kappa shape index (κ1) is 6.87. The monoisotopic (exact) mass is 149 g/mol. The number of ether oxygens (including phenoxy) is 1. The minimum absolute atomic E-state index is 0.115. The zero-order valence-corrected chi connectivity index (χ0v) is 6.47. The lowest BCUT2D eigenvalue weighted by atomic mass is 9.65. The van der Waals surface area contributed by atoms with Crippen molar-refractivity contribution in [2.24, 2.45) is 5.41 Å². The third-order valence-corrected chi connectivity index (χ3v) is 2.74. The Balaban J connectivity index is 2.18. The van der Waals surface area contributed by atoms with Crippen molar-refractivity contribution in [2.45, 2.75) is 19.3 Å². The summed E-state index contributed by atoms with van der Waals surface area (Å²) >= 11 is 0. The highest BCUT2D eigenvalue weighted by molar-refractivity contribution is 5.29. The molecule has 11 heavy (non-hydrogen) atoms. The predicted molar refractivity (Wildman–Crippen MR) is 40.8 cm³/mol. The molecule has 2 aliphatic rings. The zero-order chi connectivity index (χ0) is 7.73. The Morgan fingerprint density at radius 1 is 1.55 bits per heavy atom. The molecule has 0 radical (unpaired) electrons. The molecule has 2 nitrogen and oxygen atoms in total. The quantitative estimate of drug-likeness (QED) is 0.531. The number of rotatable bonds is 1. The summed E-state index contributed by atoms with van der Waals surface area (Å²) in [6, 6.07) is 2.41. The molecule has 0 N–H and O–H groups in total. The van der Waals surface area contributed by atoms with E-state index in [-0.39, 0.29) is 5.41 Å². The highest BCUT2D eigenvalue weighted by Crippen LogP contribution is 2.47. The van der Waals surface area contributed by atoms with Crippen LogP contribution in [0.15, 0.2) is 11.6 Å². The first-order valence-electron chi connectivity index (χ1n) is 4.06. The summed E-state index contributed by atoms with van der Waals surface area (Å²) in [5, 5.41) is 8.95. The zero-order valence-electron chi connectivity index (χ0n) is 6.47. The van der Waals surface area contributed by atoms with Crippen molar-refractivity contribution >= 4 is 0 Å². The van der Waals surface area contributed by atoms with E-state index in [1.165, 1.54) is 12.0 Å². The van der Waals surface area contributed by atoms with Crippen LogP contribution in [0, 0.1) is 16.7 Å². The van der Waals surface area contributed by atoms with Gasteiger partial charge in [0.05, 0.1) is 24.7 Å². The molecule has 0 saturated heterocycles. The van der Waals surface area contributed by atoms with Crippen LogP contribution < -0.4 is 0 Å². The lowest BCUT2D eigenvalue weighted by Crippen LogP contribution is -2.30. The van der Waals surface area contributed by atoms with E-state index < -0.39 is 0 Å². The molecule has 0 atom stereocenters. The average molecular weight is 149 g/mol. The van der Waals surface area contributed by atoms with Crippen molar-refractivity contribution in [3.63, 3.8) is 0 Å². The maximum atomic E-state index is 8.95. The highest BCUT2D eigenvalue weighted by Gasteiger charge is 2.41. The normalized spacial score (nSPS) is 27.0. The molecule has 0 aromatic heterocycles. The van der Waals surface area contributed by atoms with Crippen molar-refractivity contribution < 1.29 is 4.74 Å². The molecule has 0 aromatic rings. The van der Waals surface area contributed by atoms with Gasteiger partial charge in [-0.1, -0.05) is 6.08 Å². The SMILES string of the molecule is N#CC1(C2=CCOC2)CCC1. The molecule has 1 aliphatic heterocycles. The van der Waals surface area contributed by atoms with E-state index >= 15 is 0 Å². The van der Waals surface area contributed by atoms with Gasteiger partial charge in [0.2, 0.25) is 0 Å². The number of nitriles is 1. The molecule has 0 bridgehead atoms. The molecule has 1 saturated carbocycles. The molecule has 1 heterocycles. The van der Waals surface area contributed by atoms with E-state index in [9.17, 15) is 0 Å².